The van der Waals surface area contributed by atoms with E-state index in [-0.39, 0.29) is 0 Å². The number of benzene rings is 1. The van der Waals surface area contributed by atoms with Crippen LogP contribution in [0.5, 0.6) is 0 Å². The van der Waals surface area contributed by atoms with Gasteiger partial charge < -0.3 is 10.2 Å². The van der Waals surface area contributed by atoms with Crippen LogP contribution < -0.4 is 10.2 Å². The largest absolute Gasteiger partial charge is 0.369 e. The molecule has 0 aromatic heterocycles. The average molecular weight is 190 g/mol. The summed E-state index contributed by atoms with van der Waals surface area (Å²) >= 11 is 0. The Kier molecular flexibility index (Phi) is 2.46. The molecule has 0 atom stereocenters. The molecule has 76 valence electrons. The monoisotopic (exact) mass is 190 g/mol. The maximum Gasteiger partial charge on any atom is 0.0535 e. The number of nitrogens with one attached hydrogen (secondary N) is 1. The summed E-state index contributed by atoms with van der Waals surface area (Å²) in [4.78, 5) is 2.37. The highest BCUT2D eigenvalue weighted by Crippen LogP contribution is 2.20. The van der Waals surface area contributed by atoms with Gasteiger partial charge in [0.05, 0.1) is 6.04 Å². The second-order valence-electron chi connectivity index (χ2n) is 4.27. The maximum atomic E-state index is 3.30. The minimum absolute atomic E-state index is 0.677. The van der Waals surface area contributed by atoms with E-state index in [9.17, 15) is 0 Å². The van der Waals surface area contributed by atoms with Gasteiger partial charge in [-0.25, -0.2) is 0 Å². The molecule has 1 saturated heterocycles. The van der Waals surface area contributed by atoms with Crippen molar-refractivity contribution < 1.29 is 0 Å². The Balaban J connectivity index is 2.21. The molecule has 1 aliphatic rings. The zero-order valence-electron chi connectivity index (χ0n) is 9.17. The van der Waals surface area contributed by atoms with Gasteiger partial charge in [0.2, 0.25) is 0 Å². The molecule has 1 heterocycles. The first-order chi connectivity index (χ1) is 6.66. The average Bonchev–Trinajstić information content (AvgIpc) is 1.98. The molecule has 1 aromatic carbocycles. The smallest absolute Gasteiger partial charge is 0.0535 e. The summed E-state index contributed by atoms with van der Waals surface area (Å²) in [5, 5.41) is 3.30. The SMILES string of the molecule is Cc1cc(C)cc(N(C)C2CNC2)c1. The number of anilines is 1. The molecule has 0 unspecified atom stereocenters. The number of aryl methyl sites for hydroxylation is 2. The van der Waals surface area contributed by atoms with Crippen LogP contribution in [0.25, 0.3) is 0 Å². The molecule has 2 nitrogen and oxygen atoms in total. The van der Waals surface area contributed by atoms with E-state index in [4.69, 9.17) is 0 Å². The molecule has 1 aliphatic heterocycles. The molecule has 1 N–H and O–H groups in total. The third kappa shape index (κ3) is 1.75. The van der Waals surface area contributed by atoms with Crippen LogP contribution in [0, 0.1) is 13.8 Å². The standard InChI is InChI=1S/C12H18N2/c1-9-4-10(2)6-11(5-9)14(3)12-7-13-8-12/h4-6,12-13H,7-8H2,1-3H3. The fourth-order valence-corrected chi connectivity index (χ4v) is 1.91. The van der Waals surface area contributed by atoms with Crippen LogP contribution in [0.3, 0.4) is 0 Å². The Hall–Kier alpha value is -1.02. The van der Waals surface area contributed by atoms with Crippen molar-refractivity contribution in [3.63, 3.8) is 0 Å². The summed E-state index contributed by atoms with van der Waals surface area (Å²) in [6.45, 7) is 6.54. The van der Waals surface area contributed by atoms with Crippen LogP contribution in [0.1, 0.15) is 11.1 Å². The van der Waals surface area contributed by atoms with Crippen molar-refractivity contribution in [3.05, 3.63) is 29.3 Å². The van der Waals surface area contributed by atoms with Gasteiger partial charge in [0.25, 0.3) is 0 Å². The van der Waals surface area contributed by atoms with Crippen molar-refractivity contribution in [1.29, 1.82) is 0 Å². The van der Waals surface area contributed by atoms with Gasteiger partial charge in [-0.15, -0.1) is 0 Å². The van der Waals surface area contributed by atoms with Crippen molar-refractivity contribution in [1.82, 2.24) is 5.32 Å². The molecule has 0 saturated carbocycles. The van der Waals surface area contributed by atoms with Crippen LogP contribution in [0.2, 0.25) is 0 Å². The highest BCUT2D eigenvalue weighted by Gasteiger charge is 2.21. The second kappa shape index (κ2) is 3.62. The van der Waals surface area contributed by atoms with Gasteiger partial charge in [-0.2, -0.15) is 0 Å². The minimum Gasteiger partial charge on any atom is -0.369 e. The molecule has 0 bridgehead atoms. The third-order valence-corrected chi connectivity index (χ3v) is 2.92. The van der Waals surface area contributed by atoms with Gasteiger partial charge in [-0.3, -0.25) is 0 Å². The topological polar surface area (TPSA) is 15.3 Å². The van der Waals surface area contributed by atoms with Crippen molar-refractivity contribution >= 4 is 5.69 Å². The molecular formula is C12H18N2. The summed E-state index contributed by atoms with van der Waals surface area (Å²) in [6, 6.07) is 7.41. The Morgan fingerprint density at radius 2 is 1.71 bits per heavy atom. The molecule has 0 radical (unpaired) electrons. The van der Waals surface area contributed by atoms with Gasteiger partial charge in [-0.1, -0.05) is 6.07 Å². The van der Waals surface area contributed by atoms with Gasteiger partial charge in [-0.05, 0) is 37.1 Å². The highest BCUT2D eigenvalue weighted by molar-refractivity contribution is 5.51. The van der Waals surface area contributed by atoms with Crippen molar-refractivity contribution in [2.24, 2.45) is 0 Å². The Bertz CT molecular complexity index is 309. The van der Waals surface area contributed by atoms with E-state index in [0.717, 1.165) is 13.1 Å². The van der Waals surface area contributed by atoms with Gasteiger partial charge >= 0.3 is 0 Å². The summed E-state index contributed by atoms with van der Waals surface area (Å²) in [7, 11) is 2.18. The summed E-state index contributed by atoms with van der Waals surface area (Å²) < 4.78 is 0. The summed E-state index contributed by atoms with van der Waals surface area (Å²) in [6.07, 6.45) is 0. The number of rotatable bonds is 2. The summed E-state index contributed by atoms with van der Waals surface area (Å²) in [5.74, 6) is 0. The van der Waals surface area contributed by atoms with Crippen molar-refractivity contribution in [2.45, 2.75) is 19.9 Å². The van der Waals surface area contributed by atoms with Crippen LogP contribution in [0.15, 0.2) is 18.2 Å². The molecule has 0 amide bonds. The Labute approximate surface area is 85.9 Å². The van der Waals surface area contributed by atoms with Gasteiger partial charge in [0.15, 0.2) is 0 Å². The quantitative estimate of drug-likeness (QED) is 0.763. The van der Waals surface area contributed by atoms with Crippen LogP contribution in [-0.4, -0.2) is 26.2 Å². The zero-order chi connectivity index (χ0) is 10.1. The van der Waals surface area contributed by atoms with Crippen LogP contribution >= 0.6 is 0 Å². The zero-order valence-corrected chi connectivity index (χ0v) is 9.17. The lowest BCUT2D eigenvalue weighted by Gasteiger charge is -2.37. The maximum absolute atomic E-state index is 3.30. The van der Waals surface area contributed by atoms with E-state index in [1.54, 1.807) is 0 Å². The first kappa shape index (κ1) is 9.53. The van der Waals surface area contributed by atoms with E-state index in [0.29, 0.717) is 6.04 Å². The molecule has 0 aliphatic carbocycles. The molecule has 1 fully saturated rings. The normalized spacial score (nSPS) is 16.5. The van der Waals surface area contributed by atoms with Crippen LogP contribution in [-0.2, 0) is 0 Å². The first-order valence-electron chi connectivity index (χ1n) is 5.18. The third-order valence-electron chi connectivity index (χ3n) is 2.92. The van der Waals surface area contributed by atoms with E-state index in [1.165, 1.54) is 16.8 Å². The van der Waals surface area contributed by atoms with Gasteiger partial charge in [0.1, 0.15) is 0 Å². The number of likely N-dealkylation sites (N-methyl/N-ethyl adjacent to an activating group) is 1. The lowest BCUT2D eigenvalue weighted by molar-refractivity contribution is 0.428. The predicted octanol–water partition coefficient (Wildman–Crippen LogP) is 1.71. The van der Waals surface area contributed by atoms with E-state index in [2.05, 4.69) is 49.3 Å². The summed E-state index contributed by atoms with van der Waals surface area (Å²) in [5.41, 5.74) is 4.03. The number of nitrogens with zero attached hydrogens (tertiary/aromatic N) is 1. The Morgan fingerprint density at radius 1 is 1.14 bits per heavy atom. The Morgan fingerprint density at radius 3 is 2.14 bits per heavy atom. The molecule has 2 heteroatoms. The van der Waals surface area contributed by atoms with E-state index < -0.39 is 0 Å². The predicted molar refractivity (Wildman–Crippen MR) is 61.0 cm³/mol. The second-order valence-corrected chi connectivity index (χ2v) is 4.27. The number of hydrogen-bond acceptors (Lipinski definition) is 2. The lowest BCUT2D eigenvalue weighted by atomic mass is 10.1. The fraction of sp³-hybridized carbons (Fsp3) is 0.500. The fourth-order valence-electron chi connectivity index (χ4n) is 1.91. The molecular weight excluding hydrogens is 172 g/mol. The van der Waals surface area contributed by atoms with E-state index >= 15 is 0 Å². The molecule has 0 spiro atoms. The van der Waals surface area contributed by atoms with Crippen molar-refractivity contribution in [3.8, 4) is 0 Å². The first-order valence-corrected chi connectivity index (χ1v) is 5.18. The molecule has 2 rings (SSSR count). The lowest BCUT2D eigenvalue weighted by Crippen LogP contribution is -2.56. The van der Waals surface area contributed by atoms with Crippen molar-refractivity contribution in [2.75, 3.05) is 25.0 Å². The minimum atomic E-state index is 0.677. The van der Waals surface area contributed by atoms with Crippen LogP contribution in [0.4, 0.5) is 5.69 Å². The molecule has 14 heavy (non-hydrogen) atoms. The van der Waals surface area contributed by atoms with E-state index in [1.807, 2.05) is 0 Å². The molecule has 1 aromatic rings. The number of hydrogen-bond donors (Lipinski definition) is 1. The highest BCUT2D eigenvalue weighted by atomic mass is 15.2. The van der Waals surface area contributed by atoms with Gasteiger partial charge in [0, 0.05) is 25.8 Å².